The van der Waals surface area contributed by atoms with E-state index in [1.54, 1.807) is 0 Å². The second kappa shape index (κ2) is 8.07. The third-order valence-corrected chi connectivity index (χ3v) is 8.44. The van der Waals surface area contributed by atoms with Crippen LogP contribution in [0.5, 0.6) is 0 Å². The molecule has 3 atom stereocenters. The molecule has 176 valence electrons. The summed E-state index contributed by atoms with van der Waals surface area (Å²) in [6.07, 6.45) is 3.62. The van der Waals surface area contributed by atoms with Gasteiger partial charge in [0.05, 0.1) is 11.8 Å². The molecule has 2 bridgehead atoms. The highest BCUT2D eigenvalue weighted by molar-refractivity contribution is 6.10. The molecule has 5 aliphatic rings. The van der Waals surface area contributed by atoms with Crippen LogP contribution in [-0.4, -0.2) is 46.7 Å². The van der Waals surface area contributed by atoms with Gasteiger partial charge in [-0.2, -0.15) is 0 Å². The lowest BCUT2D eigenvalue weighted by molar-refractivity contribution is -0.152. The van der Waals surface area contributed by atoms with Gasteiger partial charge in [-0.25, -0.2) is 0 Å². The monoisotopic (exact) mass is 456 g/mol. The van der Waals surface area contributed by atoms with Gasteiger partial charge in [0.1, 0.15) is 6.04 Å². The van der Waals surface area contributed by atoms with E-state index >= 15 is 0 Å². The summed E-state index contributed by atoms with van der Waals surface area (Å²) in [5, 5.41) is 0. The molecular weight excluding hydrogens is 424 g/mol. The van der Waals surface area contributed by atoms with E-state index in [4.69, 9.17) is 0 Å². The molecule has 2 aliphatic heterocycles. The van der Waals surface area contributed by atoms with Gasteiger partial charge in [-0.05, 0) is 53.9 Å². The van der Waals surface area contributed by atoms with Gasteiger partial charge in [-0.15, -0.1) is 0 Å². The number of amides is 3. The molecule has 5 nitrogen and oxygen atoms in total. The minimum absolute atomic E-state index is 0.0453. The molecule has 2 heterocycles. The van der Waals surface area contributed by atoms with Gasteiger partial charge in [-0.3, -0.25) is 19.3 Å². The van der Waals surface area contributed by atoms with E-state index in [9.17, 15) is 14.4 Å². The van der Waals surface area contributed by atoms with Crippen LogP contribution in [0.1, 0.15) is 73.6 Å². The molecule has 5 heteroatoms. The van der Waals surface area contributed by atoms with Gasteiger partial charge in [0.15, 0.2) is 0 Å². The molecule has 2 saturated heterocycles. The van der Waals surface area contributed by atoms with Crippen molar-refractivity contribution in [1.29, 1.82) is 0 Å². The number of hydrogen-bond donors (Lipinski definition) is 0. The largest absolute Gasteiger partial charge is 0.341 e. The third kappa shape index (κ3) is 3.02. The normalized spacial score (nSPS) is 28.1. The summed E-state index contributed by atoms with van der Waals surface area (Å²) in [7, 11) is 0. The van der Waals surface area contributed by atoms with Crippen LogP contribution < -0.4 is 0 Å². The molecule has 0 radical (unpaired) electrons. The molecular formula is C29H32N2O3. The molecule has 34 heavy (non-hydrogen) atoms. The Labute approximate surface area is 201 Å². The summed E-state index contributed by atoms with van der Waals surface area (Å²) in [4.78, 5) is 45.2. The summed E-state index contributed by atoms with van der Waals surface area (Å²) in [6.45, 7) is 5.56. The average Bonchev–Trinajstić information content (AvgIpc) is 3.13. The first-order chi connectivity index (χ1) is 16.5. The van der Waals surface area contributed by atoms with Crippen molar-refractivity contribution in [3.8, 4) is 0 Å². The summed E-state index contributed by atoms with van der Waals surface area (Å²) in [5.74, 6) is -1.25. The molecule has 0 spiro atoms. The van der Waals surface area contributed by atoms with E-state index in [1.165, 1.54) is 27.2 Å². The zero-order valence-electron chi connectivity index (χ0n) is 19.9. The molecule has 0 unspecified atom stereocenters. The smallest absolute Gasteiger partial charge is 0.245 e. The lowest BCUT2D eigenvalue weighted by Crippen LogP contribution is -2.53. The first kappa shape index (κ1) is 21.6. The highest BCUT2D eigenvalue weighted by Gasteiger charge is 2.63. The number of hydrogen-bond acceptors (Lipinski definition) is 3. The minimum Gasteiger partial charge on any atom is -0.341 e. The Hall–Kier alpha value is -2.95. The molecule has 2 aromatic carbocycles. The fourth-order valence-corrected chi connectivity index (χ4v) is 7.10. The van der Waals surface area contributed by atoms with Crippen LogP contribution in [0, 0.1) is 17.8 Å². The highest BCUT2D eigenvalue weighted by atomic mass is 16.2. The summed E-state index contributed by atoms with van der Waals surface area (Å²) in [5.41, 5.74) is 4.66. The van der Waals surface area contributed by atoms with Crippen LogP contribution in [0.15, 0.2) is 48.5 Å². The topological polar surface area (TPSA) is 57.7 Å². The van der Waals surface area contributed by atoms with Crippen LogP contribution in [0.4, 0.5) is 0 Å². The fraction of sp³-hybridized carbons (Fsp3) is 0.483. The lowest BCUT2D eigenvalue weighted by Gasteiger charge is -2.45. The Morgan fingerprint density at radius 2 is 1.24 bits per heavy atom. The van der Waals surface area contributed by atoms with E-state index in [2.05, 4.69) is 38.1 Å². The van der Waals surface area contributed by atoms with E-state index in [0.29, 0.717) is 6.42 Å². The SMILES string of the molecule is CC(C)C[C@H](C(=O)N1CCCCC1)N1C(=O)[C@@H]2C3c4ccccc4C(c4ccccc43)[C@H]2C1=O. The first-order valence-corrected chi connectivity index (χ1v) is 12.8. The van der Waals surface area contributed by atoms with Gasteiger partial charge in [0, 0.05) is 24.9 Å². The number of carbonyl (C=O) groups excluding carboxylic acids is 3. The molecule has 0 saturated carbocycles. The van der Waals surface area contributed by atoms with E-state index in [1.807, 2.05) is 29.2 Å². The molecule has 2 aromatic rings. The zero-order valence-corrected chi connectivity index (χ0v) is 19.9. The second-order valence-electron chi connectivity index (χ2n) is 10.8. The Morgan fingerprint density at radius 1 is 0.794 bits per heavy atom. The zero-order chi connectivity index (χ0) is 23.6. The van der Waals surface area contributed by atoms with Gasteiger partial charge in [0.2, 0.25) is 17.7 Å². The molecule has 3 aliphatic carbocycles. The second-order valence-corrected chi connectivity index (χ2v) is 10.8. The van der Waals surface area contributed by atoms with Crippen molar-refractivity contribution in [2.45, 2.75) is 57.4 Å². The molecule has 3 amide bonds. The lowest BCUT2D eigenvalue weighted by atomic mass is 9.55. The number of rotatable bonds is 4. The van der Waals surface area contributed by atoms with Crippen molar-refractivity contribution in [2.75, 3.05) is 13.1 Å². The predicted molar refractivity (Wildman–Crippen MR) is 129 cm³/mol. The fourth-order valence-electron chi connectivity index (χ4n) is 7.10. The predicted octanol–water partition coefficient (Wildman–Crippen LogP) is 4.31. The van der Waals surface area contributed by atoms with Gasteiger partial charge in [-0.1, -0.05) is 62.4 Å². The molecule has 0 N–H and O–H groups in total. The number of benzene rings is 2. The third-order valence-electron chi connectivity index (χ3n) is 8.44. The Morgan fingerprint density at radius 3 is 1.65 bits per heavy atom. The minimum atomic E-state index is -0.700. The van der Waals surface area contributed by atoms with Crippen molar-refractivity contribution < 1.29 is 14.4 Å². The molecule has 0 aromatic heterocycles. The Kier molecular flexibility index (Phi) is 5.12. The molecule has 7 rings (SSSR count). The maximum absolute atomic E-state index is 14.1. The van der Waals surface area contributed by atoms with Crippen LogP contribution in [0.2, 0.25) is 0 Å². The van der Waals surface area contributed by atoms with Crippen molar-refractivity contribution in [3.63, 3.8) is 0 Å². The quantitative estimate of drug-likeness (QED) is 0.645. The summed E-state index contributed by atoms with van der Waals surface area (Å²) >= 11 is 0. The van der Waals surface area contributed by atoms with Crippen LogP contribution in [0.3, 0.4) is 0 Å². The number of carbonyl (C=O) groups is 3. The van der Waals surface area contributed by atoms with Gasteiger partial charge >= 0.3 is 0 Å². The van der Waals surface area contributed by atoms with E-state index in [-0.39, 0.29) is 35.5 Å². The standard InChI is InChI=1S/C29H32N2O3/c1-17(2)16-22(27(32)30-14-8-3-9-15-30)31-28(33)25-23-18-10-4-5-11-19(18)24(26(25)29(31)34)21-13-7-6-12-20(21)23/h4-7,10-13,17,22-26H,3,8-9,14-16H2,1-2H3/t22-,23?,24?,25-,26-/m1/s1. The van der Waals surface area contributed by atoms with Crippen LogP contribution in [-0.2, 0) is 14.4 Å². The van der Waals surface area contributed by atoms with Gasteiger partial charge < -0.3 is 4.90 Å². The number of nitrogens with zero attached hydrogens (tertiary/aromatic N) is 2. The molecule has 2 fully saturated rings. The number of imide groups is 1. The van der Waals surface area contributed by atoms with Crippen molar-refractivity contribution in [1.82, 2.24) is 9.80 Å². The average molecular weight is 457 g/mol. The highest BCUT2D eigenvalue weighted by Crippen LogP contribution is 2.61. The van der Waals surface area contributed by atoms with E-state index in [0.717, 1.165) is 32.4 Å². The Bertz CT molecular complexity index is 1050. The van der Waals surface area contributed by atoms with Crippen molar-refractivity contribution in [2.24, 2.45) is 17.8 Å². The van der Waals surface area contributed by atoms with Crippen molar-refractivity contribution in [3.05, 3.63) is 70.8 Å². The maximum atomic E-state index is 14.1. The number of piperidine rings is 1. The Balaban J connectivity index is 1.44. The summed E-state index contributed by atoms with van der Waals surface area (Å²) < 4.78 is 0. The first-order valence-electron chi connectivity index (χ1n) is 12.8. The number of likely N-dealkylation sites (tertiary alicyclic amines) is 2. The van der Waals surface area contributed by atoms with Crippen molar-refractivity contribution >= 4 is 17.7 Å². The van der Waals surface area contributed by atoms with Crippen LogP contribution >= 0.6 is 0 Å². The maximum Gasteiger partial charge on any atom is 0.245 e. The van der Waals surface area contributed by atoms with Crippen LogP contribution in [0.25, 0.3) is 0 Å². The summed E-state index contributed by atoms with van der Waals surface area (Å²) in [6, 6.07) is 15.9. The van der Waals surface area contributed by atoms with Gasteiger partial charge in [0.25, 0.3) is 0 Å². The van der Waals surface area contributed by atoms with E-state index < -0.39 is 17.9 Å².